The number of rotatable bonds is 8. The number of hydrogen-bond acceptors (Lipinski definition) is 7. The van der Waals surface area contributed by atoms with Crippen LogP contribution in [0.2, 0.25) is 0 Å². The van der Waals surface area contributed by atoms with Crippen molar-refractivity contribution in [1.29, 1.82) is 0 Å². The molecule has 0 saturated carbocycles. The third kappa shape index (κ3) is 5.32. The van der Waals surface area contributed by atoms with Gasteiger partial charge in [-0.2, -0.15) is 4.37 Å². The Morgan fingerprint density at radius 3 is 2.81 bits per heavy atom. The first-order valence-corrected chi connectivity index (χ1v) is 11.3. The van der Waals surface area contributed by atoms with Gasteiger partial charge >= 0.3 is 0 Å². The summed E-state index contributed by atoms with van der Waals surface area (Å²) in [6.45, 7) is 3.81. The highest BCUT2D eigenvalue weighted by Gasteiger charge is 2.16. The van der Waals surface area contributed by atoms with Crippen molar-refractivity contribution in [2.24, 2.45) is 0 Å². The zero-order valence-corrected chi connectivity index (χ0v) is 17.2. The van der Waals surface area contributed by atoms with Crippen LogP contribution in [0.4, 0.5) is 9.52 Å². The first kappa shape index (κ1) is 19.9. The van der Waals surface area contributed by atoms with E-state index in [-0.39, 0.29) is 18.4 Å². The van der Waals surface area contributed by atoms with E-state index in [0.717, 1.165) is 5.56 Å². The average Bonchev–Trinajstić information content (AvgIpc) is 3.29. The fourth-order valence-corrected chi connectivity index (χ4v) is 5.23. The molecule has 3 rings (SSSR count). The first-order chi connectivity index (χ1) is 12.8. The molecule has 0 fully saturated rings. The van der Waals surface area contributed by atoms with Crippen molar-refractivity contribution in [3.63, 3.8) is 0 Å². The van der Waals surface area contributed by atoms with Crippen molar-refractivity contribution in [3.8, 4) is 0 Å². The minimum Gasteiger partial charge on any atom is -0.357 e. The van der Waals surface area contributed by atoms with E-state index in [0.29, 0.717) is 27.1 Å². The molecule has 0 aliphatic carbocycles. The van der Waals surface area contributed by atoms with E-state index >= 15 is 0 Å². The molecule has 0 amide bonds. The van der Waals surface area contributed by atoms with Crippen LogP contribution in [-0.4, -0.2) is 30.4 Å². The maximum Gasteiger partial charge on any atom is 0.250 e. The van der Waals surface area contributed by atoms with Gasteiger partial charge in [0, 0.05) is 30.5 Å². The fourth-order valence-electron chi connectivity index (χ4n) is 2.37. The second kappa shape index (κ2) is 8.42. The van der Waals surface area contributed by atoms with Crippen molar-refractivity contribution in [2.75, 3.05) is 11.9 Å². The molecule has 6 nitrogen and oxygen atoms in total. The molecule has 144 valence electrons. The number of nitrogens with zero attached hydrogens (tertiary/aromatic N) is 2. The van der Waals surface area contributed by atoms with E-state index in [9.17, 15) is 12.8 Å². The lowest BCUT2D eigenvalue weighted by Gasteiger charge is -2.13. The molecule has 2 aromatic heterocycles. The lowest BCUT2D eigenvalue weighted by Crippen LogP contribution is -2.34. The Morgan fingerprint density at radius 2 is 2.11 bits per heavy atom. The molecule has 0 aliphatic rings. The summed E-state index contributed by atoms with van der Waals surface area (Å²) in [5.41, 5.74) is 1.53. The number of halogens is 1. The fraction of sp³-hybridized carbons (Fsp3) is 0.294. The summed E-state index contributed by atoms with van der Waals surface area (Å²) in [6.07, 6.45) is 0.513. The monoisotopic (exact) mass is 426 g/mol. The van der Waals surface area contributed by atoms with Crippen molar-refractivity contribution in [1.82, 2.24) is 14.1 Å². The number of sulfonamides is 1. The number of hydrogen-bond donors (Lipinski definition) is 2. The number of aryl methyl sites for hydroxylation is 1. The van der Waals surface area contributed by atoms with Gasteiger partial charge in [-0.1, -0.05) is 18.2 Å². The van der Waals surface area contributed by atoms with E-state index in [1.165, 1.54) is 28.9 Å². The lowest BCUT2D eigenvalue weighted by atomic mass is 10.1. The van der Waals surface area contributed by atoms with Crippen LogP contribution in [0.3, 0.4) is 0 Å². The molecule has 0 radical (unpaired) electrons. The Labute approximate surface area is 165 Å². The van der Waals surface area contributed by atoms with Gasteiger partial charge in [-0.25, -0.2) is 22.5 Å². The summed E-state index contributed by atoms with van der Waals surface area (Å²) >= 11 is 2.39. The second-order valence-corrected chi connectivity index (χ2v) is 9.80. The summed E-state index contributed by atoms with van der Waals surface area (Å²) in [5.74, 6) is 0.408. The molecule has 1 atom stereocenters. The van der Waals surface area contributed by atoms with Gasteiger partial charge in [-0.15, -0.1) is 11.3 Å². The predicted octanol–water partition coefficient (Wildman–Crippen LogP) is 3.42. The lowest BCUT2D eigenvalue weighted by molar-refractivity contribution is 0.579. The highest BCUT2D eigenvalue weighted by atomic mass is 32.2. The van der Waals surface area contributed by atoms with Crippen LogP contribution in [-0.2, 0) is 16.4 Å². The van der Waals surface area contributed by atoms with Crippen molar-refractivity contribution < 1.29 is 12.8 Å². The van der Waals surface area contributed by atoms with Crippen molar-refractivity contribution >= 4 is 38.0 Å². The molecule has 27 heavy (non-hydrogen) atoms. The molecule has 0 bridgehead atoms. The summed E-state index contributed by atoms with van der Waals surface area (Å²) in [4.78, 5) is 4.42. The maximum absolute atomic E-state index is 13.3. The van der Waals surface area contributed by atoms with Crippen LogP contribution >= 0.6 is 22.9 Å². The zero-order valence-electron chi connectivity index (χ0n) is 14.8. The van der Waals surface area contributed by atoms with E-state index in [2.05, 4.69) is 19.4 Å². The summed E-state index contributed by atoms with van der Waals surface area (Å²) < 4.78 is 44.8. The highest BCUT2D eigenvalue weighted by Crippen LogP contribution is 2.18. The van der Waals surface area contributed by atoms with Gasteiger partial charge in [-0.3, -0.25) is 0 Å². The smallest absolute Gasteiger partial charge is 0.250 e. The Kier molecular flexibility index (Phi) is 6.20. The van der Waals surface area contributed by atoms with Crippen LogP contribution in [0.25, 0.3) is 0 Å². The van der Waals surface area contributed by atoms with Gasteiger partial charge in [-0.05, 0) is 42.5 Å². The van der Waals surface area contributed by atoms with Crippen LogP contribution < -0.4 is 10.0 Å². The van der Waals surface area contributed by atoms with E-state index < -0.39 is 10.0 Å². The van der Waals surface area contributed by atoms with Crippen LogP contribution in [0, 0.1) is 12.7 Å². The molecule has 1 unspecified atom stereocenters. The molecular weight excluding hydrogens is 407 g/mol. The van der Waals surface area contributed by atoms with Gasteiger partial charge in [0.25, 0.3) is 0 Å². The number of nitrogens with one attached hydrogen (secondary N) is 2. The number of aromatic nitrogens is 2. The van der Waals surface area contributed by atoms with Gasteiger partial charge in [0.1, 0.15) is 15.9 Å². The minimum atomic E-state index is -3.48. The minimum absolute atomic E-state index is 0.159. The SMILES string of the molecule is Cc1cc(Cc2nsc(NC(C)CNS(=O)(=O)c3cccs3)n2)ccc1F. The molecule has 0 saturated heterocycles. The molecule has 10 heteroatoms. The summed E-state index contributed by atoms with van der Waals surface area (Å²) in [6, 6.07) is 8.06. The molecular formula is C17H19FN4O2S3. The van der Waals surface area contributed by atoms with Gasteiger partial charge in [0.2, 0.25) is 15.2 Å². The third-order valence-electron chi connectivity index (χ3n) is 3.76. The van der Waals surface area contributed by atoms with Crippen LogP contribution in [0.5, 0.6) is 0 Å². The Morgan fingerprint density at radius 1 is 1.30 bits per heavy atom. The third-order valence-corrected chi connectivity index (χ3v) is 7.27. The largest absolute Gasteiger partial charge is 0.357 e. The standard InChI is InChI=1S/C17H19FN4O2S3/c1-11-8-13(5-6-14(11)18)9-15-21-17(26-22-15)20-12(2)10-19-27(23,24)16-4-3-7-25-16/h3-8,12,19H,9-10H2,1-2H3,(H,20,21,22). The molecule has 2 heterocycles. The van der Waals surface area contributed by atoms with Crippen molar-refractivity contribution in [3.05, 3.63) is 58.5 Å². The van der Waals surface area contributed by atoms with E-state index in [1.54, 1.807) is 36.6 Å². The number of anilines is 1. The van der Waals surface area contributed by atoms with Crippen molar-refractivity contribution in [2.45, 2.75) is 30.5 Å². The van der Waals surface area contributed by atoms with Crippen LogP contribution in [0.1, 0.15) is 23.9 Å². The number of thiophene rings is 1. The zero-order chi connectivity index (χ0) is 19.4. The number of benzene rings is 1. The second-order valence-electron chi connectivity index (χ2n) is 6.11. The Balaban J connectivity index is 1.54. The predicted molar refractivity (Wildman–Crippen MR) is 106 cm³/mol. The van der Waals surface area contributed by atoms with Gasteiger partial charge < -0.3 is 5.32 Å². The molecule has 3 aromatic rings. The average molecular weight is 427 g/mol. The Hall–Kier alpha value is -1.88. The quantitative estimate of drug-likeness (QED) is 0.577. The van der Waals surface area contributed by atoms with Gasteiger partial charge in [0.15, 0.2) is 0 Å². The first-order valence-electron chi connectivity index (χ1n) is 8.21. The van der Waals surface area contributed by atoms with Gasteiger partial charge in [0.05, 0.1) is 0 Å². The molecule has 2 N–H and O–H groups in total. The van der Waals surface area contributed by atoms with Crippen LogP contribution in [0.15, 0.2) is 39.9 Å². The Bertz CT molecular complexity index is 1000. The normalized spacial score (nSPS) is 12.9. The van der Waals surface area contributed by atoms with E-state index in [1.807, 2.05) is 6.92 Å². The molecule has 0 aliphatic heterocycles. The molecule has 1 aromatic carbocycles. The maximum atomic E-state index is 13.3. The topological polar surface area (TPSA) is 84.0 Å². The van der Waals surface area contributed by atoms with E-state index in [4.69, 9.17) is 0 Å². The molecule has 0 spiro atoms. The summed E-state index contributed by atoms with van der Waals surface area (Å²) in [5, 5.41) is 5.49. The summed E-state index contributed by atoms with van der Waals surface area (Å²) in [7, 11) is -3.48. The highest BCUT2D eigenvalue weighted by molar-refractivity contribution is 7.91.